The maximum Gasteiger partial charge on any atom is 0.147 e. The molecule has 0 aromatic rings. The molecule has 0 aromatic heterocycles. The smallest absolute Gasteiger partial charge is 0.147 e. The van der Waals surface area contributed by atoms with Gasteiger partial charge in [-0.15, -0.1) is 24.6 Å². The first-order valence-corrected chi connectivity index (χ1v) is 0.200. The monoisotopic (exact) mass is 110 g/mol. The van der Waals surface area contributed by atoms with Crippen molar-refractivity contribution in [1.29, 1.82) is 2.35 Å². The number of halogens is 2. The Morgan fingerprint density at radius 1 is 1.50 bits per heavy atom. The van der Waals surface area contributed by atoms with E-state index in [2.05, 4.69) is 24.6 Å². The molecule has 30 valence electrons. The van der Waals surface area contributed by atoms with Gasteiger partial charge in [-0.3, -0.25) is 11.7 Å². The summed E-state index contributed by atoms with van der Waals surface area (Å²) in [5.41, 5.74) is 0. The van der Waals surface area contributed by atoms with Crippen LogP contribution in [-0.2, 0) is 0 Å². The third kappa shape index (κ3) is 22.5. The standard InChI is InChI=1S/2ClH.H4N2/c;;1-2/h2*1H;1-2H2/i/hD6. The van der Waals surface area contributed by atoms with Gasteiger partial charge in [0.1, 0.15) is 7.99 Å². The molecule has 0 unspecified atom stereocenters. The largest absolute Gasteiger partial charge is 0.274 e. The van der Waals surface area contributed by atoms with Crippen molar-refractivity contribution in [3.05, 3.63) is 0 Å². The molecule has 0 bridgehead atoms. The van der Waals surface area contributed by atoms with Crippen LogP contribution < -0.4 is 11.7 Å². The van der Waals surface area contributed by atoms with E-state index < -0.39 is 0 Å². The molecule has 2 nitrogen and oxygen atoms in total. The molecule has 0 saturated heterocycles. The third-order valence-corrected chi connectivity index (χ3v) is 0. The summed E-state index contributed by atoms with van der Waals surface area (Å²) in [4.78, 5) is 0. The van der Waals surface area contributed by atoms with E-state index in [0.29, 0.717) is 0 Å². The Labute approximate surface area is 45.5 Å². The summed E-state index contributed by atoms with van der Waals surface area (Å²) in [6.07, 6.45) is 0. The number of nitrogens with two attached hydrogens (primary N) is 2. The summed E-state index contributed by atoms with van der Waals surface area (Å²) < 4.78 is 34.8. The molecule has 0 spiro atoms. The molecule has 0 heterocycles. The minimum Gasteiger partial charge on any atom is -0.274 e. The molecular formula is H6Cl2N2. The highest BCUT2D eigenvalue weighted by molar-refractivity contribution is 5.85. The van der Waals surface area contributed by atoms with Crippen LogP contribution in [-0.4, -0.2) is 2.35 Å². The zero-order valence-electron chi connectivity index (χ0n) is 7.65. The summed E-state index contributed by atoms with van der Waals surface area (Å²) in [7, 11) is 0. The van der Waals surface area contributed by atoms with E-state index in [-0.39, 0.29) is 11.7 Å². The molecule has 0 rings (SSSR count). The predicted octanol–water partition coefficient (Wildman–Crippen LogP) is -0.338. The lowest BCUT2D eigenvalue weighted by Gasteiger charge is -1.27. The predicted molar refractivity (Wildman–Crippen MR) is 22.9 cm³/mol. The normalized spacial score (nSPS) is 21.0. The van der Waals surface area contributed by atoms with Gasteiger partial charge in [0.2, 0.25) is 0 Å². The van der Waals surface area contributed by atoms with Crippen LogP contribution in [0.4, 0.5) is 0 Å². The average molecular weight is 111 g/mol. The summed E-state index contributed by atoms with van der Waals surface area (Å²) in [6.45, 7) is 0. The van der Waals surface area contributed by atoms with Crippen molar-refractivity contribution in [3.63, 3.8) is 0 Å². The lowest BCUT2D eigenvalue weighted by molar-refractivity contribution is 1.26. The van der Waals surface area contributed by atoms with E-state index in [4.69, 9.17) is 7.99 Å². The fourth-order valence-electron chi connectivity index (χ4n) is 0. The number of hydrazine groups is 1. The van der Waals surface area contributed by atoms with Gasteiger partial charge < -0.3 is 0 Å². The maximum atomic E-state index is 6.08. The van der Waals surface area contributed by atoms with Crippen LogP contribution in [0.5, 0.6) is 0 Å². The molecule has 0 aliphatic carbocycles. The van der Waals surface area contributed by atoms with Gasteiger partial charge in [-0.2, -0.15) is 0 Å². The summed E-state index contributed by atoms with van der Waals surface area (Å²) in [6, 6.07) is 0. The third-order valence-electron chi connectivity index (χ3n) is 0. The van der Waals surface area contributed by atoms with Gasteiger partial charge in [0, 0.05) is 0 Å². The van der Waals surface area contributed by atoms with Gasteiger partial charge in [-0.1, -0.05) is 0 Å². The Balaban J connectivity index is -0.000000105. The minimum absolute atomic E-state index is 0.167. The van der Waals surface area contributed by atoms with Crippen molar-refractivity contribution in [1.82, 2.24) is 0 Å². The first kappa shape index (κ1) is 0.980. The van der Waals surface area contributed by atoms with Crippen molar-refractivity contribution in [2.24, 2.45) is 11.7 Å². The van der Waals surface area contributed by atoms with E-state index in [1.54, 1.807) is 0 Å². The summed E-state index contributed by atoms with van der Waals surface area (Å²) >= 11 is 7.78. The van der Waals surface area contributed by atoms with Gasteiger partial charge in [0.05, 0.1) is 0 Å². The Kier molecular flexibility index (Phi) is 21.4. The fraction of sp³-hybridized carbons (Fsp3) is 0. The second kappa shape index (κ2) is 87.5. The highest BCUT2D eigenvalue weighted by Gasteiger charge is 0.726. The zero-order valence-corrected chi connectivity index (χ0v) is 3.16. The summed E-state index contributed by atoms with van der Waals surface area (Å²) in [5, 5.41) is 0. The second-order valence-electron chi connectivity index (χ2n) is 0. The van der Waals surface area contributed by atoms with E-state index in [0.717, 1.165) is 0 Å². The first-order valence-electron chi connectivity index (χ1n) is 2.74. The van der Waals surface area contributed by atoms with Crippen LogP contribution in [0.2, 0.25) is 5.65 Å². The van der Waals surface area contributed by atoms with Gasteiger partial charge in [-0.05, 0) is 0 Å². The molecule has 0 aromatic carbocycles. The minimum atomic E-state index is -0.167. The molecule has 0 amide bonds. The lowest BCUT2D eigenvalue weighted by atomic mass is 13.0. The van der Waals surface area contributed by atoms with Crippen molar-refractivity contribution < 1.29 is 5.65 Å². The average Bonchev–Trinajstić information content (AvgIpc) is 1.96. The topological polar surface area (TPSA) is 52.0 Å². The Bertz CT molecular complexity index is 34.7. The highest BCUT2D eigenvalue weighted by Crippen LogP contribution is 0.691. The van der Waals surface area contributed by atoms with Crippen LogP contribution in [0.3, 0.4) is 0 Å². The van der Waals surface area contributed by atoms with E-state index in [9.17, 15) is 0 Å². The molecule has 0 radical (unpaired) electrons. The fourth-order valence-corrected chi connectivity index (χ4v) is 0. The molecule has 0 saturated carbocycles. The van der Waals surface area contributed by atoms with Crippen LogP contribution in [0.15, 0.2) is 0 Å². The van der Waals surface area contributed by atoms with Crippen molar-refractivity contribution in [2.75, 3.05) is 0 Å². The molecule has 0 aliphatic rings. The molecule has 4 heavy (non-hydrogen) atoms. The maximum absolute atomic E-state index is 6.08. The van der Waals surface area contributed by atoms with Gasteiger partial charge in [-0.25, -0.2) is 0 Å². The molecule has 4 N–H and O–H groups in total. The quantitative estimate of drug-likeness (QED) is 0.359. The number of hydrogen-bond donors (Lipinski definition) is 2. The number of hydrogen-bond acceptors (Lipinski definition) is 2. The summed E-state index contributed by atoms with van der Waals surface area (Å²) in [5.74, 6) is -0.333. The van der Waals surface area contributed by atoms with E-state index >= 15 is 0 Å². The Hall–Kier alpha value is 0.500. The van der Waals surface area contributed by atoms with Crippen molar-refractivity contribution in [2.45, 2.75) is 0 Å². The van der Waals surface area contributed by atoms with Gasteiger partial charge >= 0.3 is 0 Å². The van der Waals surface area contributed by atoms with Crippen LogP contribution in [0.1, 0.15) is 0 Å². The SMILES string of the molecule is [2H]Cl.[2H]Cl.[2H]N([2H])N([2H])[2H]. The molecule has 0 aliphatic heterocycles. The van der Waals surface area contributed by atoms with Crippen molar-refractivity contribution >= 4 is 24.6 Å². The van der Waals surface area contributed by atoms with E-state index in [1.165, 1.54) is 0 Å². The van der Waals surface area contributed by atoms with Crippen LogP contribution >= 0.6 is 24.6 Å². The van der Waals surface area contributed by atoms with Gasteiger partial charge in [0.25, 0.3) is 0 Å². The number of rotatable bonds is 1. The molecular weight excluding hydrogens is 98.9 g/mol. The van der Waals surface area contributed by atoms with E-state index in [1.807, 2.05) is 0 Å². The lowest BCUT2D eigenvalue weighted by Crippen LogP contribution is -2.02. The molecule has 4 heteroatoms. The molecule has 0 fully saturated rings. The molecule has 0 atom stereocenters. The van der Waals surface area contributed by atoms with Crippen molar-refractivity contribution in [3.8, 4) is 0 Å². The zero-order chi connectivity index (χ0) is 9.15. The Morgan fingerprint density at radius 2 is 1.75 bits per heavy atom. The van der Waals surface area contributed by atoms with Crippen LogP contribution in [0.25, 0.3) is 0 Å². The second-order valence-corrected chi connectivity index (χ2v) is 0. The highest BCUT2D eigenvalue weighted by atomic mass is 35.5. The van der Waals surface area contributed by atoms with Gasteiger partial charge in [0.15, 0.2) is 0 Å². The first-order chi connectivity index (χ1) is 4.64. The Morgan fingerprint density at radius 3 is 1.75 bits per heavy atom. The van der Waals surface area contributed by atoms with Crippen LogP contribution in [0, 0.1) is 0 Å².